The highest BCUT2D eigenvalue weighted by atomic mass is 16.5. The standard InChI is InChI=1S/C26H28N6O2/c1-30-13-21(12-29-30)14-32-17-23(34-19-20-5-3-9-27-11-20)16-31(18-26(32)33)15-22-6-2-8-25-24(22)7-4-10-28-25/h2-13,23H,14-19H2,1H3. The molecule has 1 saturated heterocycles. The van der Waals surface area contributed by atoms with E-state index < -0.39 is 0 Å². The Bertz CT molecular complexity index is 1250. The molecule has 1 amide bonds. The molecule has 5 rings (SSSR count). The van der Waals surface area contributed by atoms with Gasteiger partial charge in [-0.3, -0.25) is 24.3 Å². The van der Waals surface area contributed by atoms with Crippen molar-refractivity contribution < 1.29 is 9.53 Å². The third-order valence-corrected chi connectivity index (χ3v) is 6.07. The van der Waals surface area contributed by atoms with Crippen LogP contribution in [-0.2, 0) is 36.3 Å². The zero-order chi connectivity index (χ0) is 23.3. The number of rotatable bonds is 7. The molecule has 1 unspecified atom stereocenters. The Hall–Kier alpha value is -3.62. The van der Waals surface area contributed by atoms with E-state index in [4.69, 9.17) is 4.74 Å². The van der Waals surface area contributed by atoms with E-state index in [-0.39, 0.29) is 12.0 Å². The largest absolute Gasteiger partial charge is 0.370 e. The minimum atomic E-state index is -0.128. The van der Waals surface area contributed by atoms with Gasteiger partial charge in [-0.05, 0) is 29.3 Å². The maximum atomic E-state index is 13.3. The molecule has 1 atom stereocenters. The van der Waals surface area contributed by atoms with Gasteiger partial charge in [0.1, 0.15) is 0 Å². The van der Waals surface area contributed by atoms with Crippen LogP contribution >= 0.6 is 0 Å². The van der Waals surface area contributed by atoms with Gasteiger partial charge < -0.3 is 9.64 Å². The minimum Gasteiger partial charge on any atom is -0.370 e. The summed E-state index contributed by atoms with van der Waals surface area (Å²) in [5, 5.41) is 5.36. The SMILES string of the molecule is Cn1cc(CN2CC(OCc3cccnc3)CN(Cc3cccc4ncccc34)CC2=O)cn1. The molecule has 0 aliphatic carbocycles. The quantitative estimate of drug-likeness (QED) is 0.426. The molecule has 0 saturated carbocycles. The molecule has 1 aliphatic rings. The van der Waals surface area contributed by atoms with Gasteiger partial charge in [-0.1, -0.05) is 24.3 Å². The smallest absolute Gasteiger partial charge is 0.237 e. The van der Waals surface area contributed by atoms with E-state index in [1.54, 1.807) is 17.1 Å². The number of hydrogen-bond acceptors (Lipinski definition) is 6. The van der Waals surface area contributed by atoms with Gasteiger partial charge in [0.15, 0.2) is 0 Å². The molecule has 4 heterocycles. The normalized spacial score (nSPS) is 17.3. The average Bonchev–Trinajstić information content (AvgIpc) is 3.20. The predicted molar refractivity (Wildman–Crippen MR) is 128 cm³/mol. The van der Waals surface area contributed by atoms with Crippen LogP contribution in [-0.4, -0.2) is 61.2 Å². The number of benzene rings is 1. The fourth-order valence-corrected chi connectivity index (χ4v) is 4.45. The predicted octanol–water partition coefficient (Wildman–Crippen LogP) is 2.79. The Balaban J connectivity index is 1.36. The molecule has 3 aromatic heterocycles. The maximum Gasteiger partial charge on any atom is 0.237 e. The van der Waals surface area contributed by atoms with Crippen LogP contribution in [0.25, 0.3) is 10.9 Å². The second-order valence-corrected chi connectivity index (χ2v) is 8.75. The van der Waals surface area contributed by atoms with Crippen molar-refractivity contribution in [2.75, 3.05) is 19.6 Å². The van der Waals surface area contributed by atoms with Crippen molar-refractivity contribution in [1.82, 2.24) is 29.5 Å². The first kappa shape index (κ1) is 22.2. The van der Waals surface area contributed by atoms with E-state index in [0.29, 0.717) is 39.3 Å². The number of amides is 1. The van der Waals surface area contributed by atoms with Gasteiger partial charge in [-0.25, -0.2) is 0 Å². The van der Waals surface area contributed by atoms with Crippen LogP contribution < -0.4 is 0 Å². The molecule has 8 nitrogen and oxygen atoms in total. The summed E-state index contributed by atoms with van der Waals surface area (Å²) in [7, 11) is 1.88. The van der Waals surface area contributed by atoms with E-state index in [1.165, 1.54) is 0 Å². The van der Waals surface area contributed by atoms with Crippen molar-refractivity contribution in [3.05, 3.63) is 90.1 Å². The summed E-state index contributed by atoms with van der Waals surface area (Å²) in [6.45, 7) is 3.16. The molecule has 4 aromatic rings. The Morgan fingerprint density at radius 3 is 2.74 bits per heavy atom. The number of fused-ring (bicyclic) bond motifs is 1. The molecule has 0 radical (unpaired) electrons. The summed E-state index contributed by atoms with van der Waals surface area (Å²) < 4.78 is 8.08. The van der Waals surface area contributed by atoms with E-state index >= 15 is 0 Å². The van der Waals surface area contributed by atoms with Gasteiger partial charge in [0, 0.05) is 69.0 Å². The number of carbonyl (C=O) groups is 1. The second-order valence-electron chi connectivity index (χ2n) is 8.75. The molecule has 0 bridgehead atoms. The highest BCUT2D eigenvalue weighted by Crippen LogP contribution is 2.21. The van der Waals surface area contributed by atoms with Gasteiger partial charge in [-0.2, -0.15) is 5.10 Å². The molecule has 1 fully saturated rings. The van der Waals surface area contributed by atoms with Crippen LogP contribution in [0.5, 0.6) is 0 Å². The summed E-state index contributed by atoms with van der Waals surface area (Å²) in [5.74, 6) is 0.0923. The Morgan fingerprint density at radius 2 is 1.91 bits per heavy atom. The van der Waals surface area contributed by atoms with E-state index in [0.717, 1.165) is 27.6 Å². The lowest BCUT2D eigenvalue weighted by Gasteiger charge is -2.25. The number of carbonyl (C=O) groups excluding carboxylic acids is 1. The van der Waals surface area contributed by atoms with Crippen LogP contribution in [0.2, 0.25) is 0 Å². The molecular formula is C26H28N6O2. The Labute approximate surface area is 198 Å². The molecule has 174 valence electrons. The minimum absolute atomic E-state index is 0.0923. The summed E-state index contributed by atoms with van der Waals surface area (Å²) in [5.41, 5.74) is 4.15. The second kappa shape index (κ2) is 10.1. The summed E-state index contributed by atoms with van der Waals surface area (Å²) in [6, 6.07) is 14.1. The lowest BCUT2D eigenvalue weighted by Crippen LogP contribution is -2.37. The number of pyridine rings is 2. The molecule has 1 aromatic carbocycles. The van der Waals surface area contributed by atoms with Crippen molar-refractivity contribution in [3.63, 3.8) is 0 Å². The molecule has 0 N–H and O–H groups in total. The summed E-state index contributed by atoms with van der Waals surface area (Å²) in [6.07, 6.45) is 9.01. The van der Waals surface area contributed by atoms with Crippen molar-refractivity contribution >= 4 is 16.8 Å². The zero-order valence-corrected chi connectivity index (χ0v) is 19.2. The number of aromatic nitrogens is 4. The van der Waals surface area contributed by atoms with Crippen LogP contribution in [0.15, 0.2) is 73.4 Å². The lowest BCUT2D eigenvalue weighted by atomic mass is 10.1. The zero-order valence-electron chi connectivity index (χ0n) is 19.2. The fourth-order valence-electron chi connectivity index (χ4n) is 4.45. The number of ether oxygens (including phenoxy) is 1. The molecule has 34 heavy (non-hydrogen) atoms. The van der Waals surface area contributed by atoms with E-state index in [9.17, 15) is 4.79 Å². The number of nitrogens with zero attached hydrogens (tertiary/aromatic N) is 6. The third kappa shape index (κ3) is 5.30. The van der Waals surface area contributed by atoms with Gasteiger partial charge in [0.2, 0.25) is 5.91 Å². The van der Waals surface area contributed by atoms with Crippen LogP contribution in [0.1, 0.15) is 16.7 Å². The summed E-state index contributed by atoms with van der Waals surface area (Å²) >= 11 is 0. The van der Waals surface area contributed by atoms with Gasteiger partial charge in [0.05, 0.1) is 31.0 Å². The first-order chi connectivity index (χ1) is 16.6. The van der Waals surface area contributed by atoms with Crippen LogP contribution in [0.4, 0.5) is 0 Å². The first-order valence-corrected chi connectivity index (χ1v) is 11.4. The molecule has 8 heteroatoms. The topological polar surface area (TPSA) is 76.4 Å². The lowest BCUT2D eigenvalue weighted by molar-refractivity contribution is -0.132. The highest BCUT2D eigenvalue weighted by molar-refractivity contribution is 5.82. The highest BCUT2D eigenvalue weighted by Gasteiger charge is 2.29. The molecule has 1 aliphatic heterocycles. The van der Waals surface area contributed by atoms with Gasteiger partial charge in [0.25, 0.3) is 0 Å². The third-order valence-electron chi connectivity index (χ3n) is 6.07. The van der Waals surface area contributed by atoms with E-state index in [1.807, 2.05) is 60.9 Å². The first-order valence-electron chi connectivity index (χ1n) is 11.4. The maximum absolute atomic E-state index is 13.3. The fraction of sp³-hybridized carbons (Fsp3) is 0.308. The molecule has 0 spiro atoms. The molecular weight excluding hydrogens is 428 g/mol. The van der Waals surface area contributed by atoms with Crippen molar-refractivity contribution in [2.24, 2.45) is 7.05 Å². The van der Waals surface area contributed by atoms with Crippen LogP contribution in [0, 0.1) is 0 Å². The van der Waals surface area contributed by atoms with Crippen molar-refractivity contribution in [2.45, 2.75) is 25.8 Å². The Kier molecular flexibility index (Phi) is 6.60. The number of aryl methyl sites for hydroxylation is 1. The van der Waals surface area contributed by atoms with E-state index in [2.05, 4.69) is 32.1 Å². The average molecular weight is 457 g/mol. The van der Waals surface area contributed by atoms with Crippen molar-refractivity contribution in [3.8, 4) is 0 Å². The van der Waals surface area contributed by atoms with Gasteiger partial charge in [-0.15, -0.1) is 0 Å². The number of hydrogen-bond donors (Lipinski definition) is 0. The Morgan fingerprint density at radius 1 is 1.00 bits per heavy atom. The van der Waals surface area contributed by atoms with Gasteiger partial charge >= 0.3 is 0 Å². The summed E-state index contributed by atoms with van der Waals surface area (Å²) in [4.78, 5) is 26.0. The van der Waals surface area contributed by atoms with Crippen molar-refractivity contribution in [1.29, 1.82) is 0 Å². The monoisotopic (exact) mass is 456 g/mol. The van der Waals surface area contributed by atoms with Crippen LogP contribution in [0.3, 0.4) is 0 Å².